The molecule has 0 heterocycles. The van der Waals surface area contributed by atoms with E-state index < -0.39 is 97.5 Å². The highest BCUT2D eigenvalue weighted by Crippen LogP contribution is 2.45. The first-order valence-corrected chi connectivity index (χ1v) is 48.5. The van der Waals surface area contributed by atoms with E-state index in [-0.39, 0.29) is 25.7 Å². The summed E-state index contributed by atoms with van der Waals surface area (Å²) in [7, 11) is -9.93. The molecule has 0 aliphatic rings. The predicted octanol–water partition coefficient (Wildman–Crippen LogP) is 26.9. The Morgan fingerprint density at radius 1 is 0.262 bits per heavy atom. The Hall–Kier alpha value is -1.94. The Bertz CT molecular complexity index is 2070. The largest absolute Gasteiger partial charge is 0.472 e. The molecule has 0 fully saturated rings. The number of hydrogen-bond donors (Lipinski definition) is 3. The highest BCUT2D eigenvalue weighted by molar-refractivity contribution is 7.47. The minimum Gasteiger partial charge on any atom is -0.462 e. The molecule has 0 aliphatic heterocycles. The monoisotopic (exact) mass is 1560 g/mol. The Labute approximate surface area is 658 Å². The Morgan fingerprint density at radius 2 is 0.449 bits per heavy atom. The summed E-state index contributed by atoms with van der Waals surface area (Å²) in [6, 6.07) is 0. The van der Waals surface area contributed by atoms with Gasteiger partial charge in [0.25, 0.3) is 0 Å². The fourth-order valence-electron chi connectivity index (χ4n) is 13.6. The molecule has 0 aliphatic carbocycles. The zero-order chi connectivity index (χ0) is 78.6. The van der Waals surface area contributed by atoms with Crippen molar-refractivity contribution in [2.45, 2.75) is 484 Å². The first-order valence-electron chi connectivity index (χ1n) is 45.5. The molecule has 0 saturated carbocycles. The van der Waals surface area contributed by atoms with E-state index in [0.717, 1.165) is 114 Å². The SMILES string of the molecule is CCCCCCCCCCCCCCCC(=O)O[C@H](COC(=O)CCCCCCCCC(C)CC)COP(=O)(O)OC[C@H](O)COP(=O)(O)OC[C@@H](COC(=O)CCCCCCCCCCCCCCCCCCCCC(C)CC)OC(=O)CCCCCCCCCCCCCCCCCCCCC(C)CC. The molecule has 0 aromatic heterocycles. The molecule has 19 heteroatoms. The molecule has 0 spiro atoms. The van der Waals surface area contributed by atoms with Crippen molar-refractivity contribution in [1.82, 2.24) is 0 Å². The molecule has 8 atom stereocenters. The molecular formula is C88H172O17P2. The van der Waals surface area contributed by atoms with Gasteiger partial charge in [-0.1, -0.05) is 414 Å². The molecule has 636 valence electrons. The topological polar surface area (TPSA) is 237 Å². The summed E-state index contributed by atoms with van der Waals surface area (Å²) in [5, 5.41) is 10.7. The minimum atomic E-state index is -4.97. The zero-order valence-corrected chi connectivity index (χ0v) is 72.4. The summed E-state index contributed by atoms with van der Waals surface area (Å²) >= 11 is 0. The quantitative estimate of drug-likeness (QED) is 0.0222. The van der Waals surface area contributed by atoms with Gasteiger partial charge >= 0.3 is 39.5 Å². The second-order valence-electron chi connectivity index (χ2n) is 32.4. The number of phosphoric acid groups is 2. The first kappa shape index (κ1) is 105. The van der Waals surface area contributed by atoms with Gasteiger partial charge in [0.15, 0.2) is 12.2 Å². The summed E-state index contributed by atoms with van der Waals surface area (Å²) in [5.74, 6) is 0.372. The fourth-order valence-corrected chi connectivity index (χ4v) is 15.2. The number of esters is 4. The number of carbonyl (C=O) groups excluding carboxylic acids is 4. The second-order valence-corrected chi connectivity index (χ2v) is 35.3. The van der Waals surface area contributed by atoms with Crippen LogP contribution in [0.15, 0.2) is 0 Å². The molecule has 0 saturated heterocycles. The number of phosphoric ester groups is 2. The van der Waals surface area contributed by atoms with Crippen molar-refractivity contribution in [3.63, 3.8) is 0 Å². The smallest absolute Gasteiger partial charge is 0.462 e. The van der Waals surface area contributed by atoms with Crippen LogP contribution in [0.5, 0.6) is 0 Å². The number of unbranched alkanes of at least 4 members (excludes halogenated alkanes) is 51. The van der Waals surface area contributed by atoms with E-state index in [2.05, 4.69) is 48.5 Å². The molecule has 107 heavy (non-hydrogen) atoms. The normalized spacial score (nSPS) is 14.6. The molecular weight excluding hydrogens is 1390 g/mol. The number of aliphatic hydroxyl groups is 1. The Balaban J connectivity index is 5.20. The lowest BCUT2D eigenvalue weighted by atomic mass is 9.99. The summed E-state index contributed by atoms with van der Waals surface area (Å²) < 4.78 is 68.9. The van der Waals surface area contributed by atoms with Crippen molar-refractivity contribution < 1.29 is 80.2 Å². The molecule has 0 rings (SSSR count). The summed E-state index contributed by atoms with van der Waals surface area (Å²) in [6.07, 6.45) is 69.5. The summed E-state index contributed by atoms with van der Waals surface area (Å²) in [4.78, 5) is 73.2. The van der Waals surface area contributed by atoms with Gasteiger partial charge in [-0.25, -0.2) is 9.13 Å². The lowest BCUT2D eigenvalue weighted by Crippen LogP contribution is -2.30. The van der Waals surface area contributed by atoms with Gasteiger partial charge in [0, 0.05) is 25.7 Å². The van der Waals surface area contributed by atoms with Gasteiger partial charge in [0.2, 0.25) is 0 Å². The van der Waals surface area contributed by atoms with E-state index in [4.69, 9.17) is 37.0 Å². The van der Waals surface area contributed by atoms with Gasteiger partial charge in [0.05, 0.1) is 26.4 Å². The van der Waals surface area contributed by atoms with E-state index in [1.54, 1.807) is 0 Å². The van der Waals surface area contributed by atoms with Crippen molar-refractivity contribution in [3.8, 4) is 0 Å². The van der Waals surface area contributed by atoms with Crippen LogP contribution in [0.1, 0.15) is 466 Å². The average Bonchev–Trinajstić information content (AvgIpc) is 0.969. The lowest BCUT2D eigenvalue weighted by molar-refractivity contribution is -0.161. The molecule has 17 nitrogen and oxygen atoms in total. The third-order valence-electron chi connectivity index (χ3n) is 21.7. The molecule has 0 amide bonds. The molecule has 3 N–H and O–H groups in total. The first-order chi connectivity index (χ1) is 51.8. The molecule has 0 aromatic rings. The summed E-state index contributed by atoms with van der Waals surface area (Å²) in [5.41, 5.74) is 0. The third kappa shape index (κ3) is 77.8. The van der Waals surface area contributed by atoms with Gasteiger partial charge < -0.3 is 33.8 Å². The molecule has 5 unspecified atom stereocenters. The molecule has 0 bridgehead atoms. The summed E-state index contributed by atoms with van der Waals surface area (Å²) in [6.45, 7) is 12.1. The number of ether oxygens (including phenoxy) is 4. The van der Waals surface area contributed by atoms with E-state index in [9.17, 15) is 43.2 Å². The maximum Gasteiger partial charge on any atom is 0.472 e. The van der Waals surface area contributed by atoms with E-state index in [1.807, 2.05) is 0 Å². The fraction of sp³-hybridized carbons (Fsp3) is 0.955. The van der Waals surface area contributed by atoms with Crippen LogP contribution in [0.25, 0.3) is 0 Å². The van der Waals surface area contributed by atoms with Gasteiger partial charge in [0.1, 0.15) is 19.3 Å². The number of rotatable bonds is 86. The highest BCUT2D eigenvalue weighted by atomic mass is 31.2. The Morgan fingerprint density at radius 3 is 0.664 bits per heavy atom. The standard InChI is InChI=1S/C88H172O17P2/c1-8-12-13-14-15-16-17-30-38-43-48-57-64-71-88(93)105-84(76-99-86(91)70-63-56-51-50-54-61-68-81(7)11-4)78-103-107(96,97)101-74-82(89)73-100-106(94,95)102-77-83(104-87(92)72-65-58-49-44-39-34-29-25-21-19-23-27-32-36-41-46-53-60-67-80(6)10-3)75-98-85(90)69-62-55-47-42-37-33-28-24-20-18-22-26-31-35-40-45-52-59-66-79(5)9-2/h79-84,89H,8-78H2,1-7H3,(H,94,95)(H,96,97)/t79?,80?,81?,82-,83-,84-/m1/s1. The zero-order valence-electron chi connectivity index (χ0n) is 70.6. The van der Waals surface area contributed by atoms with Crippen LogP contribution in [0.3, 0.4) is 0 Å². The van der Waals surface area contributed by atoms with Crippen LogP contribution < -0.4 is 0 Å². The van der Waals surface area contributed by atoms with Crippen LogP contribution >= 0.6 is 15.6 Å². The molecule has 0 radical (unpaired) electrons. The Kier molecular flexibility index (Phi) is 76.6. The maximum absolute atomic E-state index is 13.2. The van der Waals surface area contributed by atoms with E-state index in [1.165, 1.54) is 270 Å². The van der Waals surface area contributed by atoms with Crippen molar-refractivity contribution in [2.24, 2.45) is 17.8 Å². The number of aliphatic hydroxyl groups excluding tert-OH is 1. The van der Waals surface area contributed by atoms with Gasteiger partial charge in [-0.2, -0.15) is 0 Å². The average molecular weight is 1560 g/mol. The van der Waals surface area contributed by atoms with Gasteiger partial charge in [-0.3, -0.25) is 37.3 Å². The van der Waals surface area contributed by atoms with E-state index >= 15 is 0 Å². The van der Waals surface area contributed by atoms with E-state index in [0.29, 0.717) is 25.7 Å². The lowest BCUT2D eigenvalue weighted by Gasteiger charge is -2.21. The van der Waals surface area contributed by atoms with Crippen LogP contribution in [0.2, 0.25) is 0 Å². The van der Waals surface area contributed by atoms with Crippen LogP contribution in [-0.2, 0) is 65.4 Å². The molecule has 0 aromatic carbocycles. The third-order valence-corrected chi connectivity index (χ3v) is 23.6. The van der Waals surface area contributed by atoms with Gasteiger partial charge in [-0.15, -0.1) is 0 Å². The second kappa shape index (κ2) is 78.0. The van der Waals surface area contributed by atoms with Crippen LogP contribution in [0.4, 0.5) is 0 Å². The van der Waals surface area contributed by atoms with Crippen molar-refractivity contribution >= 4 is 39.5 Å². The van der Waals surface area contributed by atoms with Crippen molar-refractivity contribution in [3.05, 3.63) is 0 Å². The van der Waals surface area contributed by atoms with Crippen molar-refractivity contribution in [2.75, 3.05) is 39.6 Å². The van der Waals surface area contributed by atoms with Gasteiger partial charge in [-0.05, 0) is 43.4 Å². The number of carbonyl (C=O) groups is 4. The van der Waals surface area contributed by atoms with Crippen LogP contribution in [0, 0.1) is 17.8 Å². The maximum atomic E-state index is 13.2. The highest BCUT2D eigenvalue weighted by Gasteiger charge is 2.31. The minimum absolute atomic E-state index is 0.107. The number of hydrogen-bond acceptors (Lipinski definition) is 15. The predicted molar refractivity (Wildman–Crippen MR) is 441 cm³/mol. The van der Waals surface area contributed by atoms with Crippen LogP contribution in [-0.4, -0.2) is 96.7 Å². The van der Waals surface area contributed by atoms with Crippen molar-refractivity contribution in [1.29, 1.82) is 0 Å².